The molecule has 0 bridgehead atoms. The molecule has 30 heavy (non-hydrogen) atoms. The minimum atomic E-state index is -0.614. The monoisotopic (exact) mass is 411 g/mol. The second kappa shape index (κ2) is 9.99. The molecule has 1 aliphatic rings. The molecule has 3 rings (SSSR count). The first kappa shape index (κ1) is 21.5. The van der Waals surface area contributed by atoms with Crippen molar-refractivity contribution in [2.45, 2.75) is 6.42 Å². The molecule has 7 heteroatoms. The van der Waals surface area contributed by atoms with Crippen LogP contribution in [0, 0.1) is 24.0 Å². The highest BCUT2D eigenvalue weighted by Crippen LogP contribution is 2.23. The highest BCUT2D eigenvalue weighted by Gasteiger charge is 2.23. The Labute approximate surface area is 174 Å². The fourth-order valence-electron chi connectivity index (χ4n) is 3.42. The van der Waals surface area contributed by atoms with E-state index in [1.165, 1.54) is 24.3 Å². The molecule has 5 nitrogen and oxygen atoms in total. The fourth-order valence-corrected chi connectivity index (χ4v) is 3.42. The lowest BCUT2D eigenvalue weighted by atomic mass is 10.0. The summed E-state index contributed by atoms with van der Waals surface area (Å²) in [5, 5.41) is 2.62. The number of benzene rings is 2. The molecule has 0 aliphatic carbocycles. The third kappa shape index (κ3) is 5.43. The lowest BCUT2D eigenvalue weighted by Gasteiger charge is -2.22. The number of rotatable bonds is 5. The number of nitrogens with zero attached hydrogens (tertiary/aromatic N) is 2. The van der Waals surface area contributed by atoms with Crippen LogP contribution in [0.4, 0.5) is 8.78 Å². The van der Waals surface area contributed by atoms with Crippen LogP contribution < -0.4 is 5.32 Å². The van der Waals surface area contributed by atoms with Crippen molar-refractivity contribution in [3.63, 3.8) is 0 Å². The van der Waals surface area contributed by atoms with Crippen molar-refractivity contribution in [1.82, 2.24) is 15.1 Å². The normalized spacial score (nSPS) is 14.6. The Kier molecular flexibility index (Phi) is 7.15. The molecular formula is C23H23F2N3O2. The second-order valence-electron chi connectivity index (χ2n) is 7.10. The van der Waals surface area contributed by atoms with E-state index in [9.17, 15) is 18.4 Å². The number of nitrogens with one attached hydrogen (secondary N) is 1. The SMILES string of the molecule is C#CCNC(=O)CN1CCCN(C(=O)c2ccc(-c3ccc(F)cc3)cc2F)CC1. The van der Waals surface area contributed by atoms with Crippen LogP contribution in [0.5, 0.6) is 0 Å². The quantitative estimate of drug-likeness (QED) is 0.770. The summed E-state index contributed by atoms with van der Waals surface area (Å²) in [4.78, 5) is 28.2. The Morgan fingerprint density at radius 1 is 1.00 bits per heavy atom. The van der Waals surface area contributed by atoms with Crippen LogP contribution in [-0.2, 0) is 4.79 Å². The van der Waals surface area contributed by atoms with E-state index in [0.29, 0.717) is 43.7 Å². The van der Waals surface area contributed by atoms with Gasteiger partial charge in [-0.25, -0.2) is 8.78 Å². The van der Waals surface area contributed by atoms with E-state index in [2.05, 4.69) is 11.2 Å². The maximum atomic E-state index is 14.7. The van der Waals surface area contributed by atoms with Gasteiger partial charge in [0.1, 0.15) is 11.6 Å². The molecule has 0 radical (unpaired) electrons. The van der Waals surface area contributed by atoms with Crippen LogP contribution in [0.3, 0.4) is 0 Å². The van der Waals surface area contributed by atoms with Gasteiger partial charge >= 0.3 is 0 Å². The Bertz CT molecular complexity index is 954. The summed E-state index contributed by atoms with van der Waals surface area (Å²) in [5.41, 5.74) is 1.24. The van der Waals surface area contributed by atoms with Crippen molar-refractivity contribution in [1.29, 1.82) is 0 Å². The fraction of sp³-hybridized carbons (Fsp3) is 0.304. The van der Waals surface area contributed by atoms with Gasteiger partial charge in [-0.05, 0) is 41.8 Å². The van der Waals surface area contributed by atoms with Crippen molar-refractivity contribution in [3.8, 4) is 23.5 Å². The van der Waals surface area contributed by atoms with Crippen molar-refractivity contribution in [2.75, 3.05) is 39.3 Å². The Hall–Kier alpha value is -3.24. The van der Waals surface area contributed by atoms with Crippen molar-refractivity contribution in [2.24, 2.45) is 0 Å². The van der Waals surface area contributed by atoms with Crippen LogP contribution in [0.25, 0.3) is 11.1 Å². The molecule has 0 spiro atoms. The molecule has 0 atom stereocenters. The van der Waals surface area contributed by atoms with E-state index in [4.69, 9.17) is 6.42 Å². The molecule has 2 aromatic rings. The molecule has 0 aromatic heterocycles. The highest BCUT2D eigenvalue weighted by atomic mass is 19.1. The highest BCUT2D eigenvalue weighted by molar-refractivity contribution is 5.95. The summed E-state index contributed by atoms with van der Waals surface area (Å²) in [5.74, 6) is 0.839. The molecular weight excluding hydrogens is 388 g/mol. The van der Waals surface area contributed by atoms with Gasteiger partial charge in [-0.3, -0.25) is 14.5 Å². The summed E-state index contributed by atoms with van der Waals surface area (Å²) < 4.78 is 27.8. The average Bonchev–Trinajstić information content (AvgIpc) is 2.98. The molecule has 2 aromatic carbocycles. The van der Waals surface area contributed by atoms with Gasteiger partial charge in [-0.1, -0.05) is 24.1 Å². The van der Waals surface area contributed by atoms with E-state index in [0.717, 1.165) is 0 Å². The summed E-state index contributed by atoms with van der Waals surface area (Å²) in [7, 11) is 0. The van der Waals surface area contributed by atoms with E-state index < -0.39 is 5.82 Å². The first-order valence-corrected chi connectivity index (χ1v) is 9.75. The van der Waals surface area contributed by atoms with E-state index in [-0.39, 0.29) is 36.3 Å². The summed E-state index contributed by atoms with van der Waals surface area (Å²) >= 11 is 0. The molecule has 1 N–H and O–H groups in total. The average molecular weight is 411 g/mol. The van der Waals surface area contributed by atoms with Gasteiger partial charge in [-0.15, -0.1) is 6.42 Å². The lowest BCUT2D eigenvalue weighted by Crippen LogP contribution is -2.40. The van der Waals surface area contributed by atoms with E-state index in [1.807, 2.05) is 4.90 Å². The van der Waals surface area contributed by atoms with Crippen molar-refractivity contribution in [3.05, 3.63) is 59.7 Å². The number of terminal acetylenes is 1. The number of hydrogen-bond donors (Lipinski definition) is 1. The molecule has 1 aliphatic heterocycles. The van der Waals surface area contributed by atoms with Gasteiger partial charge in [0, 0.05) is 26.2 Å². The van der Waals surface area contributed by atoms with Gasteiger partial charge < -0.3 is 10.2 Å². The van der Waals surface area contributed by atoms with Gasteiger partial charge in [0.05, 0.1) is 18.7 Å². The van der Waals surface area contributed by atoms with Crippen LogP contribution in [-0.4, -0.2) is 60.9 Å². The first-order valence-electron chi connectivity index (χ1n) is 9.75. The minimum absolute atomic E-state index is 0.000995. The van der Waals surface area contributed by atoms with Gasteiger partial charge in [-0.2, -0.15) is 0 Å². The Morgan fingerprint density at radius 2 is 1.73 bits per heavy atom. The zero-order valence-electron chi connectivity index (χ0n) is 16.5. The van der Waals surface area contributed by atoms with Crippen LogP contribution >= 0.6 is 0 Å². The standard InChI is InChI=1S/C23H23F2N3O2/c1-2-10-26-22(29)16-27-11-3-12-28(14-13-27)23(30)20-9-6-18(15-21(20)25)17-4-7-19(24)8-5-17/h1,4-9,15H,3,10-14,16H2,(H,26,29). The van der Waals surface area contributed by atoms with Gasteiger partial charge in [0.15, 0.2) is 0 Å². The molecule has 156 valence electrons. The Balaban J connectivity index is 1.64. The molecule has 2 amide bonds. The topological polar surface area (TPSA) is 52.7 Å². The van der Waals surface area contributed by atoms with Gasteiger partial charge in [0.2, 0.25) is 5.91 Å². The smallest absolute Gasteiger partial charge is 0.256 e. The predicted molar refractivity (Wildman–Crippen MR) is 111 cm³/mol. The zero-order valence-corrected chi connectivity index (χ0v) is 16.5. The van der Waals surface area contributed by atoms with Crippen molar-refractivity contribution >= 4 is 11.8 Å². The van der Waals surface area contributed by atoms with Gasteiger partial charge in [0.25, 0.3) is 5.91 Å². The summed E-state index contributed by atoms with van der Waals surface area (Å²) in [6.07, 6.45) is 5.82. The largest absolute Gasteiger partial charge is 0.344 e. The molecule has 0 unspecified atom stereocenters. The number of carbonyl (C=O) groups is 2. The number of halogens is 2. The van der Waals surface area contributed by atoms with E-state index in [1.54, 1.807) is 23.1 Å². The second-order valence-corrected chi connectivity index (χ2v) is 7.10. The lowest BCUT2D eigenvalue weighted by molar-refractivity contribution is -0.121. The molecule has 1 heterocycles. The molecule has 0 saturated carbocycles. The number of hydrogen-bond acceptors (Lipinski definition) is 3. The van der Waals surface area contributed by atoms with Crippen LogP contribution in [0.2, 0.25) is 0 Å². The summed E-state index contributed by atoms with van der Waals surface area (Å²) in [6, 6.07) is 10.2. The predicted octanol–water partition coefficient (Wildman–Crippen LogP) is 2.53. The molecule has 1 fully saturated rings. The third-order valence-electron chi connectivity index (χ3n) is 5.01. The number of carbonyl (C=O) groups excluding carboxylic acids is 2. The van der Waals surface area contributed by atoms with Crippen LogP contribution in [0.15, 0.2) is 42.5 Å². The number of amides is 2. The van der Waals surface area contributed by atoms with E-state index >= 15 is 0 Å². The van der Waals surface area contributed by atoms with Crippen LogP contribution in [0.1, 0.15) is 16.8 Å². The summed E-state index contributed by atoms with van der Waals surface area (Å²) in [6.45, 7) is 2.47. The maximum absolute atomic E-state index is 14.7. The third-order valence-corrected chi connectivity index (χ3v) is 5.01. The first-order chi connectivity index (χ1) is 14.5. The molecule has 1 saturated heterocycles. The Morgan fingerprint density at radius 3 is 2.43 bits per heavy atom. The maximum Gasteiger partial charge on any atom is 0.256 e. The zero-order chi connectivity index (χ0) is 21.5. The minimum Gasteiger partial charge on any atom is -0.344 e. The van der Waals surface area contributed by atoms with Crippen molar-refractivity contribution < 1.29 is 18.4 Å².